The van der Waals surface area contributed by atoms with Crippen LogP contribution in [-0.2, 0) is 4.79 Å². The van der Waals surface area contributed by atoms with Crippen LogP contribution in [0.25, 0.3) is 0 Å². The summed E-state index contributed by atoms with van der Waals surface area (Å²) in [6.45, 7) is 4.57. The highest BCUT2D eigenvalue weighted by Crippen LogP contribution is 1.79. The van der Waals surface area contributed by atoms with E-state index in [1.807, 2.05) is 31.2 Å². The highest BCUT2D eigenvalue weighted by Gasteiger charge is 1.88. The van der Waals surface area contributed by atoms with Crippen molar-refractivity contribution in [2.45, 2.75) is 20.3 Å². The van der Waals surface area contributed by atoms with Crippen LogP contribution in [0.15, 0.2) is 36.5 Å². The number of hydrogen-bond donors (Lipinski definition) is 1. The largest absolute Gasteiger partial charge is 0.349 e. The molecule has 0 rings (SSSR count). The van der Waals surface area contributed by atoms with Crippen LogP contribution in [0.5, 0.6) is 0 Å². The number of allylic oxidation sites excluding steroid dienone is 4. The van der Waals surface area contributed by atoms with Crippen molar-refractivity contribution in [3.8, 4) is 0 Å². The smallest absolute Gasteiger partial charge is 0.244 e. The van der Waals surface area contributed by atoms with E-state index < -0.39 is 0 Å². The first-order valence-electron chi connectivity index (χ1n) is 4.53. The molecule has 0 fully saturated rings. The molecule has 0 heterocycles. The summed E-state index contributed by atoms with van der Waals surface area (Å²) in [6, 6.07) is 0. The van der Waals surface area contributed by atoms with Gasteiger partial charge in [-0.3, -0.25) is 4.79 Å². The van der Waals surface area contributed by atoms with Crippen LogP contribution in [0.3, 0.4) is 0 Å². The summed E-state index contributed by atoms with van der Waals surface area (Å²) in [5.41, 5.74) is 0. The van der Waals surface area contributed by atoms with Gasteiger partial charge in [-0.25, -0.2) is 0 Å². The first-order chi connectivity index (χ1) is 6.31. The van der Waals surface area contributed by atoms with Gasteiger partial charge in [0.2, 0.25) is 5.91 Å². The molecule has 0 aromatic carbocycles. The van der Waals surface area contributed by atoms with Crippen LogP contribution >= 0.6 is 0 Å². The van der Waals surface area contributed by atoms with E-state index in [4.69, 9.17) is 0 Å². The second-order valence-electron chi connectivity index (χ2n) is 2.51. The van der Waals surface area contributed by atoms with Crippen molar-refractivity contribution >= 4 is 5.91 Å². The molecule has 0 aliphatic rings. The third-order valence-electron chi connectivity index (χ3n) is 1.35. The maximum Gasteiger partial charge on any atom is 0.244 e. The summed E-state index contributed by atoms with van der Waals surface area (Å²) in [7, 11) is 0. The maximum atomic E-state index is 11.0. The van der Waals surface area contributed by atoms with Gasteiger partial charge in [-0.1, -0.05) is 37.3 Å². The molecule has 0 atom stereocenters. The van der Waals surface area contributed by atoms with Gasteiger partial charge >= 0.3 is 0 Å². The molecule has 1 N–H and O–H groups in total. The average molecular weight is 179 g/mol. The van der Waals surface area contributed by atoms with Crippen molar-refractivity contribution in [3.63, 3.8) is 0 Å². The fourth-order valence-electron chi connectivity index (χ4n) is 0.723. The van der Waals surface area contributed by atoms with Gasteiger partial charge in [-0.2, -0.15) is 0 Å². The molecule has 2 heteroatoms. The topological polar surface area (TPSA) is 29.1 Å². The minimum Gasteiger partial charge on any atom is -0.349 e. The highest BCUT2D eigenvalue weighted by atomic mass is 16.1. The Hall–Kier alpha value is -1.31. The van der Waals surface area contributed by atoms with Gasteiger partial charge in [0, 0.05) is 12.6 Å². The summed E-state index contributed by atoms with van der Waals surface area (Å²) in [5.74, 6) is -0.0566. The molecule has 0 aromatic heterocycles. The van der Waals surface area contributed by atoms with Gasteiger partial charge in [-0.15, -0.1) is 0 Å². The molecule has 13 heavy (non-hydrogen) atoms. The van der Waals surface area contributed by atoms with E-state index in [1.54, 1.807) is 6.08 Å². The summed E-state index contributed by atoms with van der Waals surface area (Å²) < 4.78 is 0. The molecule has 0 aliphatic carbocycles. The Bertz CT molecular complexity index is 214. The summed E-state index contributed by atoms with van der Waals surface area (Å²) in [6.07, 6.45) is 11.9. The molecule has 0 radical (unpaired) electrons. The normalized spacial score (nSPS) is 11.8. The van der Waals surface area contributed by atoms with Gasteiger partial charge in [0.15, 0.2) is 0 Å². The minimum absolute atomic E-state index is 0.0566. The lowest BCUT2D eigenvalue weighted by atomic mass is 10.4. The van der Waals surface area contributed by atoms with E-state index in [2.05, 4.69) is 12.2 Å². The quantitative estimate of drug-likeness (QED) is 0.391. The molecule has 0 aliphatic heterocycles. The Morgan fingerprint density at radius 2 is 2.08 bits per heavy atom. The van der Waals surface area contributed by atoms with Gasteiger partial charge in [0.1, 0.15) is 0 Å². The maximum absolute atomic E-state index is 11.0. The van der Waals surface area contributed by atoms with Crippen LogP contribution < -0.4 is 5.32 Å². The first kappa shape index (κ1) is 11.7. The number of amides is 1. The van der Waals surface area contributed by atoms with Crippen LogP contribution in [0.2, 0.25) is 0 Å². The molecule has 2 nitrogen and oxygen atoms in total. The van der Waals surface area contributed by atoms with E-state index in [9.17, 15) is 4.79 Å². The Labute approximate surface area is 80.0 Å². The zero-order valence-corrected chi connectivity index (χ0v) is 8.29. The molecule has 0 aromatic rings. The Morgan fingerprint density at radius 1 is 1.31 bits per heavy atom. The van der Waals surface area contributed by atoms with Crippen molar-refractivity contribution in [1.29, 1.82) is 0 Å². The Morgan fingerprint density at radius 3 is 2.69 bits per heavy atom. The third kappa shape index (κ3) is 8.60. The van der Waals surface area contributed by atoms with Crippen molar-refractivity contribution < 1.29 is 4.79 Å². The number of hydrogen-bond acceptors (Lipinski definition) is 1. The zero-order chi connectivity index (χ0) is 9.94. The second-order valence-corrected chi connectivity index (χ2v) is 2.51. The minimum atomic E-state index is -0.0566. The van der Waals surface area contributed by atoms with Crippen molar-refractivity contribution in [2.75, 3.05) is 6.54 Å². The van der Waals surface area contributed by atoms with E-state index in [0.29, 0.717) is 6.54 Å². The highest BCUT2D eigenvalue weighted by molar-refractivity contribution is 5.87. The molecule has 72 valence electrons. The van der Waals surface area contributed by atoms with Crippen LogP contribution in [0, 0.1) is 0 Å². The lowest BCUT2D eigenvalue weighted by Crippen LogP contribution is -2.20. The number of rotatable bonds is 5. The van der Waals surface area contributed by atoms with E-state index >= 15 is 0 Å². The molecular weight excluding hydrogens is 162 g/mol. The lowest BCUT2D eigenvalue weighted by Gasteiger charge is -1.94. The third-order valence-corrected chi connectivity index (χ3v) is 1.35. The predicted molar refractivity (Wildman–Crippen MR) is 56.4 cm³/mol. The van der Waals surface area contributed by atoms with Crippen molar-refractivity contribution in [1.82, 2.24) is 5.32 Å². The monoisotopic (exact) mass is 179 g/mol. The first-order valence-corrected chi connectivity index (χ1v) is 4.53. The summed E-state index contributed by atoms with van der Waals surface area (Å²) in [4.78, 5) is 11.0. The van der Waals surface area contributed by atoms with Gasteiger partial charge < -0.3 is 5.32 Å². The molecule has 0 unspecified atom stereocenters. The fraction of sp³-hybridized carbons (Fsp3) is 0.364. The molecule has 0 saturated carbocycles. The lowest BCUT2D eigenvalue weighted by molar-refractivity contribution is -0.116. The van der Waals surface area contributed by atoms with Crippen molar-refractivity contribution in [2.24, 2.45) is 0 Å². The van der Waals surface area contributed by atoms with E-state index in [1.165, 1.54) is 6.08 Å². The van der Waals surface area contributed by atoms with E-state index in [-0.39, 0.29) is 5.91 Å². The van der Waals surface area contributed by atoms with E-state index in [0.717, 1.165) is 6.42 Å². The molecule has 1 amide bonds. The van der Waals surface area contributed by atoms with Gasteiger partial charge in [0.25, 0.3) is 0 Å². The Balaban J connectivity index is 3.57. The van der Waals surface area contributed by atoms with Crippen molar-refractivity contribution in [3.05, 3.63) is 36.5 Å². The number of nitrogens with one attached hydrogen (secondary N) is 1. The average Bonchev–Trinajstić information content (AvgIpc) is 2.13. The van der Waals surface area contributed by atoms with Crippen LogP contribution in [0.1, 0.15) is 20.3 Å². The van der Waals surface area contributed by atoms with Crippen LogP contribution in [0.4, 0.5) is 0 Å². The molecular formula is C11H17NO. The molecule has 0 spiro atoms. The van der Waals surface area contributed by atoms with Gasteiger partial charge in [-0.05, 0) is 13.3 Å². The summed E-state index contributed by atoms with van der Waals surface area (Å²) >= 11 is 0. The molecule has 0 saturated heterocycles. The SMILES string of the molecule is C/C=C\C=C\C(=O)NC/C=C\CC. The van der Waals surface area contributed by atoms with Gasteiger partial charge in [0.05, 0.1) is 0 Å². The summed E-state index contributed by atoms with van der Waals surface area (Å²) in [5, 5.41) is 2.73. The Kier molecular flexibility index (Phi) is 7.90. The number of carbonyl (C=O) groups excluding carboxylic acids is 1. The fourth-order valence-corrected chi connectivity index (χ4v) is 0.723. The standard InChI is InChI=1S/C11H17NO/c1-3-5-7-9-11(13)12-10-8-6-4-2/h3,5-9H,4,10H2,1-2H3,(H,12,13)/b5-3-,8-6-,9-7+. The predicted octanol–water partition coefficient (Wildman–Crippen LogP) is 2.20. The second kappa shape index (κ2) is 8.78. The molecule has 0 bridgehead atoms. The zero-order valence-electron chi connectivity index (χ0n) is 8.29. The van der Waals surface area contributed by atoms with Crippen LogP contribution in [-0.4, -0.2) is 12.5 Å². The number of carbonyl (C=O) groups is 1.